The van der Waals surface area contributed by atoms with Gasteiger partial charge in [0.2, 0.25) is 5.90 Å². The van der Waals surface area contributed by atoms with E-state index in [0.29, 0.717) is 6.61 Å². The number of para-hydroxylation sites is 1. The number of rotatable bonds is 3. The fraction of sp³-hybridized carbons (Fsp3) is 0.350. The van der Waals surface area contributed by atoms with Crippen molar-refractivity contribution < 1.29 is 4.74 Å². The minimum Gasteiger partial charge on any atom is -0.477 e. The lowest BCUT2D eigenvalue weighted by Crippen LogP contribution is -2.26. The average molecular weight is 306 g/mol. The summed E-state index contributed by atoms with van der Waals surface area (Å²) < 4.78 is 6.01. The van der Waals surface area contributed by atoms with Crippen LogP contribution in [0.15, 0.2) is 65.7 Å². The number of benzene rings is 2. The Balaban J connectivity index is 1.77. The van der Waals surface area contributed by atoms with Crippen LogP contribution in [0.2, 0.25) is 0 Å². The Kier molecular flexibility index (Phi) is 3.02. The van der Waals surface area contributed by atoms with Crippen LogP contribution in [-0.2, 0) is 4.74 Å². The molecular weight excluding hydrogens is 284 g/mol. The lowest BCUT2D eigenvalue weighted by Gasteiger charge is -2.12. The SMILES string of the molecule is CC1(C)COC([C@@]2(C)[C@@H](c3ccccc3)N2c2ccccc2)=N1. The fourth-order valence-electron chi connectivity index (χ4n) is 3.57. The summed E-state index contributed by atoms with van der Waals surface area (Å²) in [7, 11) is 0. The minimum atomic E-state index is -0.212. The quantitative estimate of drug-likeness (QED) is 0.793. The monoisotopic (exact) mass is 306 g/mol. The van der Waals surface area contributed by atoms with Gasteiger partial charge in [0, 0.05) is 5.69 Å². The van der Waals surface area contributed by atoms with E-state index in [4.69, 9.17) is 9.73 Å². The summed E-state index contributed by atoms with van der Waals surface area (Å²) in [6.07, 6.45) is 0. The summed E-state index contributed by atoms with van der Waals surface area (Å²) in [4.78, 5) is 7.26. The molecule has 4 rings (SSSR count). The molecule has 0 bridgehead atoms. The van der Waals surface area contributed by atoms with E-state index in [9.17, 15) is 0 Å². The van der Waals surface area contributed by atoms with Crippen LogP contribution in [0.25, 0.3) is 0 Å². The molecule has 1 saturated heterocycles. The van der Waals surface area contributed by atoms with E-state index < -0.39 is 0 Å². The van der Waals surface area contributed by atoms with Gasteiger partial charge in [0.15, 0.2) is 0 Å². The highest BCUT2D eigenvalue weighted by molar-refractivity contribution is 5.98. The molecule has 23 heavy (non-hydrogen) atoms. The number of nitrogens with zero attached hydrogens (tertiary/aromatic N) is 2. The van der Waals surface area contributed by atoms with Crippen LogP contribution >= 0.6 is 0 Å². The van der Waals surface area contributed by atoms with Gasteiger partial charge in [-0.2, -0.15) is 0 Å². The second-order valence-electron chi connectivity index (χ2n) is 7.18. The highest BCUT2D eigenvalue weighted by Gasteiger charge is 2.65. The lowest BCUT2D eigenvalue weighted by molar-refractivity contribution is 0.270. The van der Waals surface area contributed by atoms with Crippen LogP contribution in [0.5, 0.6) is 0 Å². The molecule has 2 aliphatic heterocycles. The Morgan fingerprint density at radius 2 is 1.57 bits per heavy atom. The van der Waals surface area contributed by atoms with Crippen molar-refractivity contribution in [1.82, 2.24) is 0 Å². The first-order chi connectivity index (χ1) is 11.0. The molecule has 0 N–H and O–H groups in total. The molecule has 0 unspecified atom stereocenters. The van der Waals surface area contributed by atoms with Crippen LogP contribution < -0.4 is 4.90 Å². The Hall–Kier alpha value is -2.29. The zero-order chi connectivity index (χ0) is 16.1. The van der Waals surface area contributed by atoms with Crippen LogP contribution in [0, 0.1) is 0 Å². The van der Waals surface area contributed by atoms with Crippen molar-refractivity contribution in [3.8, 4) is 0 Å². The van der Waals surface area contributed by atoms with Crippen molar-refractivity contribution in [1.29, 1.82) is 0 Å². The molecule has 0 aromatic heterocycles. The standard InChI is InChI=1S/C20H22N2O/c1-19(2)14-23-18(21-19)20(3)17(15-10-6-4-7-11-15)22(20)16-12-8-5-9-13-16/h4-13,17H,14H2,1-3H3/t17-,20-,22?/m1/s1. The molecule has 2 aromatic carbocycles. The predicted molar refractivity (Wildman–Crippen MR) is 94.0 cm³/mol. The van der Waals surface area contributed by atoms with Gasteiger partial charge in [-0.05, 0) is 38.5 Å². The molecular formula is C20H22N2O. The van der Waals surface area contributed by atoms with Crippen molar-refractivity contribution in [2.45, 2.75) is 37.9 Å². The molecule has 0 radical (unpaired) electrons. The molecule has 3 nitrogen and oxygen atoms in total. The average Bonchev–Trinajstić information content (AvgIpc) is 3.03. The minimum absolute atomic E-state index is 0.134. The van der Waals surface area contributed by atoms with Crippen molar-refractivity contribution in [3.63, 3.8) is 0 Å². The van der Waals surface area contributed by atoms with Gasteiger partial charge in [-0.25, -0.2) is 4.99 Å². The Bertz CT molecular complexity index is 691. The van der Waals surface area contributed by atoms with E-state index in [-0.39, 0.29) is 17.1 Å². The van der Waals surface area contributed by atoms with Crippen molar-refractivity contribution in [2.75, 3.05) is 11.5 Å². The topological polar surface area (TPSA) is 24.6 Å². The van der Waals surface area contributed by atoms with Gasteiger partial charge in [0.25, 0.3) is 0 Å². The van der Waals surface area contributed by atoms with Crippen LogP contribution in [0.3, 0.4) is 0 Å². The summed E-state index contributed by atoms with van der Waals surface area (Å²) in [5, 5.41) is 0. The molecule has 1 fully saturated rings. The number of aliphatic imine (C=N–C) groups is 1. The molecule has 3 heteroatoms. The number of hydrogen-bond donors (Lipinski definition) is 0. The molecule has 118 valence electrons. The molecule has 0 amide bonds. The first-order valence-electron chi connectivity index (χ1n) is 8.15. The zero-order valence-corrected chi connectivity index (χ0v) is 13.9. The normalized spacial score (nSPS) is 28.2. The van der Waals surface area contributed by atoms with E-state index in [0.717, 1.165) is 5.90 Å². The van der Waals surface area contributed by atoms with E-state index in [1.807, 2.05) is 0 Å². The largest absolute Gasteiger partial charge is 0.477 e. The van der Waals surface area contributed by atoms with Gasteiger partial charge in [0.05, 0.1) is 11.6 Å². The second-order valence-corrected chi connectivity index (χ2v) is 7.18. The first kappa shape index (κ1) is 14.3. The predicted octanol–water partition coefficient (Wildman–Crippen LogP) is 4.21. The van der Waals surface area contributed by atoms with Crippen molar-refractivity contribution in [3.05, 3.63) is 66.2 Å². The Morgan fingerprint density at radius 3 is 2.13 bits per heavy atom. The van der Waals surface area contributed by atoms with Crippen molar-refractivity contribution >= 4 is 11.6 Å². The van der Waals surface area contributed by atoms with Crippen LogP contribution in [0.4, 0.5) is 5.69 Å². The molecule has 2 aliphatic rings. The summed E-state index contributed by atoms with van der Waals surface area (Å²) in [6, 6.07) is 21.4. The molecule has 0 saturated carbocycles. The second kappa shape index (κ2) is 4.85. The van der Waals surface area contributed by atoms with Gasteiger partial charge in [-0.3, -0.25) is 0 Å². The molecule has 0 aliphatic carbocycles. The third kappa shape index (κ3) is 2.23. The van der Waals surface area contributed by atoms with Gasteiger partial charge in [-0.1, -0.05) is 48.5 Å². The summed E-state index contributed by atoms with van der Waals surface area (Å²) in [6.45, 7) is 7.13. The van der Waals surface area contributed by atoms with Crippen LogP contribution in [-0.4, -0.2) is 23.6 Å². The Morgan fingerprint density at radius 1 is 0.957 bits per heavy atom. The van der Waals surface area contributed by atoms with Gasteiger partial charge in [0.1, 0.15) is 12.1 Å². The van der Waals surface area contributed by atoms with Gasteiger partial charge in [-0.15, -0.1) is 0 Å². The maximum atomic E-state index is 6.01. The smallest absolute Gasteiger partial charge is 0.213 e. The number of anilines is 1. The van der Waals surface area contributed by atoms with E-state index >= 15 is 0 Å². The van der Waals surface area contributed by atoms with Gasteiger partial charge < -0.3 is 9.64 Å². The molecule has 0 spiro atoms. The molecule has 2 aromatic rings. The van der Waals surface area contributed by atoms with E-state index in [1.165, 1.54) is 11.3 Å². The lowest BCUT2D eigenvalue weighted by atomic mass is 10.0. The summed E-state index contributed by atoms with van der Waals surface area (Å²) in [5.74, 6) is 0.861. The van der Waals surface area contributed by atoms with Gasteiger partial charge >= 0.3 is 0 Å². The van der Waals surface area contributed by atoms with Crippen molar-refractivity contribution in [2.24, 2.45) is 4.99 Å². The summed E-state index contributed by atoms with van der Waals surface area (Å²) in [5.41, 5.74) is 2.16. The van der Waals surface area contributed by atoms with Crippen LogP contribution in [0.1, 0.15) is 32.4 Å². The summed E-state index contributed by atoms with van der Waals surface area (Å²) >= 11 is 0. The Labute approximate surface area is 137 Å². The highest BCUT2D eigenvalue weighted by atomic mass is 16.5. The highest BCUT2D eigenvalue weighted by Crippen LogP contribution is 2.57. The third-order valence-corrected chi connectivity index (χ3v) is 4.77. The maximum absolute atomic E-state index is 6.01. The fourth-order valence-corrected chi connectivity index (χ4v) is 3.57. The zero-order valence-electron chi connectivity index (χ0n) is 13.9. The van der Waals surface area contributed by atoms with E-state index in [2.05, 4.69) is 86.3 Å². The van der Waals surface area contributed by atoms with E-state index in [1.54, 1.807) is 0 Å². The third-order valence-electron chi connectivity index (χ3n) is 4.77. The first-order valence-corrected chi connectivity index (χ1v) is 8.15. The number of hydrogen-bond acceptors (Lipinski definition) is 3. The molecule has 2 atom stereocenters. The number of ether oxygens (including phenoxy) is 1. The molecule has 2 heterocycles. The maximum Gasteiger partial charge on any atom is 0.213 e.